The largest absolute Gasteiger partial charge is 0.493 e. The highest BCUT2D eigenvalue weighted by atomic mass is 19.1. The molecule has 1 aromatic heterocycles. The summed E-state index contributed by atoms with van der Waals surface area (Å²) >= 11 is 0. The van der Waals surface area contributed by atoms with Gasteiger partial charge in [-0.15, -0.1) is 0 Å². The lowest BCUT2D eigenvalue weighted by molar-refractivity contribution is -0.146. The summed E-state index contributed by atoms with van der Waals surface area (Å²) in [6.07, 6.45) is 4.25. The molecule has 2 aliphatic rings. The second-order valence-corrected chi connectivity index (χ2v) is 11.9. The van der Waals surface area contributed by atoms with Crippen LogP contribution in [0.1, 0.15) is 55.6 Å². The van der Waals surface area contributed by atoms with Crippen LogP contribution < -0.4 is 15.0 Å². The summed E-state index contributed by atoms with van der Waals surface area (Å²) in [6.45, 7) is 12.4. The van der Waals surface area contributed by atoms with Crippen LogP contribution in [-0.4, -0.2) is 49.8 Å². The zero-order chi connectivity index (χ0) is 29.0. The fourth-order valence-corrected chi connectivity index (χ4v) is 6.31. The van der Waals surface area contributed by atoms with Crippen molar-refractivity contribution in [3.63, 3.8) is 0 Å². The number of pyridine rings is 1. The summed E-state index contributed by atoms with van der Waals surface area (Å²) < 4.78 is 24.8. The fourth-order valence-electron chi connectivity index (χ4n) is 6.31. The molecule has 0 aliphatic carbocycles. The van der Waals surface area contributed by atoms with Crippen molar-refractivity contribution in [2.45, 2.75) is 65.9 Å². The van der Waals surface area contributed by atoms with E-state index < -0.39 is 0 Å². The number of hydrogen-bond acceptors (Lipinski definition) is 6. The Bertz CT molecular complexity index is 1340. The van der Waals surface area contributed by atoms with E-state index in [1.807, 2.05) is 32.9 Å². The number of halogens is 1. The van der Waals surface area contributed by atoms with E-state index in [9.17, 15) is 9.18 Å². The van der Waals surface area contributed by atoms with Gasteiger partial charge in [-0.2, -0.15) is 0 Å². The molecule has 0 unspecified atom stereocenters. The first kappa shape index (κ1) is 29.1. The summed E-state index contributed by atoms with van der Waals surface area (Å²) in [5.74, 6) is 0.328. The van der Waals surface area contributed by atoms with Crippen LogP contribution in [0.3, 0.4) is 0 Å². The molecule has 1 N–H and O–H groups in total. The van der Waals surface area contributed by atoms with E-state index in [0.29, 0.717) is 18.4 Å². The standard InChI is InChI=1S/C34H42FN3O3/c1-23(2)41-31(39)21-30-24(3)37-25(4)32(33(30)38-18-15-34(16-19-38)14-17-36-22-34)27-7-11-29(12-8-27)40-20-13-26-5-9-28(35)10-6-26/h5-12,23,36H,13-22H2,1-4H3. The van der Waals surface area contributed by atoms with Gasteiger partial charge in [0.05, 0.1) is 24.8 Å². The molecule has 7 heteroatoms. The number of rotatable bonds is 9. The van der Waals surface area contributed by atoms with Crippen LogP contribution in [0.25, 0.3) is 11.1 Å². The number of nitrogens with zero attached hydrogens (tertiary/aromatic N) is 2. The topological polar surface area (TPSA) is 63.7 Å². The predicted molar refractivity (Wildman–Crippen MR) is 161 cm³/mol. The molecule has 2 saturated heterocycles. The van der Waals surface area contributed by atoms with Gasteiger partial charge in [-0.25, -0.2) is 4.39 Å². The first-order valence-corrected chi connectivity index (χ1v) is 14.9. The number of nitrogens with one attached hydrogen (secondary N) is 1. The third kappa shape index (κ3) is 6.89. The minimum Gasteiger partial charge on any atom is -0.493 e. The molecule has 0 amide bonds. The van der Waals surface area contributed by atoms with Crippen molar-refractivity contribution in [2.75, 3.05) is 37.7 Å². The maximum Gasteiger partial charge on any atom is 0.310 e. The second-order valence-electron chi connectivity index (χ2n) is 11.9. The molecule has 2 fully saturated rings. The van der Waals surface area contributed by atoms with E-state index in [0.717, 1.165) is 84.1 Å². The molecule has 0 atom stereocenters. The van der Waals surface area contributed by atoms with Crippen LogP contribution in [0.15, 0.2) is 48.5 Å². The van der Waals surface area contributed by atoms with Gasteiger partial charge in [-0.1, -0.05) is 24.3 Å². The fraction of sp³-hybridized carbons (Fsp3) is 0.471. The van der Waals surface area contributed by atoms with Crippen LogP contribution in [0.2, 0.25) is 0 Å². The van der Waals surface area contributed by atoms with Gasteiger partial charge in [-0.3, -0.25) is 9.78 Å². The number of carbonyl (C=O) groups is 1. The Hall–Kier alpha value is -3.45. The van der Waals surface area contributed by atoms with Crippen molar-refractivity contribution in [1.82, 2.24) is 10.3 Å². The third-order valence-corrected chi connectivity index (χ3v) is 8.53. The van der Waals surface area contributed by atoms with E-state index in [4.69, 9.17) is 14.5 Å². The van der Waals surface area contributed by atoms with E-state index in [1.165, 1.54) is 18.6 Å². The monoisotopic (exact) mass is 559 g/mol. The minimum atomic E-state index is -0.231. The molecule has 0 radical (unpaired) electrons. The maximum atomic E-state index is 13.2. The molecule has 41 heavy (non-hydrogen) atoms. The Kier molecular flexibility index (Phi) is 8.93. The van der Waals surface area contributed by atoms with Crippen LogP contribution in [0.4, 0.5) is 10.1 Å². The molecule has 218 valence electrons. The zero-order valence-electron chi connectivity index (χ0n) is 24.8. The lowest BCUT2D eigenvalue weighted by Gasteiger charge is -2.41. The normalized spacial score (nSPS) is 16.4. The third-order valence-electron chi connectivity index (χ3n) is 8.53. The quantitative estimate of drug-likeness (QED) is 0.315. The number of anilines is 1. The van der Waals surface area contributed by atoms with Gasteiger partial charge in [-0.05, 0) is 94.3 Å². The van der Waals surface area contributed by atoms with E-state index in [-0.39, 0.29) is 24.3 Å². The van der Waals surface area contributed by atoms with Crippen molar-refractivity contribution in [1.29, 1.82) is 0 Å². The summed E-state index contributed by atoms with van der Waals surface area (Å²) in [7, 11) is 0. The number of piperidine rings is 1. The summed E-state index contributed by atoms with van der Waals surface area (Å²) in [4.78, 5) is 20.3. The van der Waals surface area contributed by atoms with E-state index in [2.05, 4.69) is 29.3 Å². The number of aryl methyl sites for hydroxylation is 2. The minimum absolute atomic E-state index is 0.163. The highest BCUT2D eigenvalue weighted by Crippen LogP contribution is 2.43. The first-order valence-electron chi connectivity index (χ1n) is 14.9. The summed E-state index contributed by atoms with van der Waals surface area (Å²) in [6, 6.07) is 14.7. The Morgan fingerprint density at radius 1 is 1.02 bits per heavy atom. The lowest BCUT2D eigenvalue weighted by atomic mass is 9.77. The molecular formula is C34H42FN3O3. The SMILES string of the molecule is Cc1nc(C)c(-c2ccc(OCCc3ccc(F)cc3)cc2)c(N2CCC3(CCNC3)CC2)c1CC(=O)OC(C)C. The Morgan fingerprint density at radius 3 is 2.37 bits per heavy atom. The first-order chi connectivity index (χ1) is 19.7. The van der Waals surface area contributed by atoms with Crippen molar-refractivity contribution < 1.29 is 18.7 Å². The molecule has 3 aromatic rings. The lowest BCUT2D eigenvalue weighted by Crippen LogP contribution is -2.42. The van der Waals surface area contributed by atoms with Crippen LogP contribution in [-0.2, 0) is 22.4 Å². The number of aromatic nitrogens is 1. The van der Waals surface area contributed by atoms with Gasteiger partial charge in [0.1, 0.15) is 11.6 Å². The average Bonchev–Trinajstić information content (AvgIpc) is 3.39. The molecule has 2 aliphatic heterocycles. The van der Waals surface area contributed by atoms with Gasteiger partial charge >= 0.3 is 5.97 Å². The highest BCUT2D eigenvalue weighted by molar-refractivity contribution is 5.87. The van der Waals surface area contributed by atoms with Crippen molar-refractivity contribution in [3.05, 3.63) is 76.9 Å². The van der Waals surface area contributed by atoms with Gasteiger partial charge in [0.2, 0.25) is 0 Å². The Labute approximate surface area is 243 Å². The average molecular weight is 560 g/mol. The van der Waals surface area contributed by atoms with Crippen LogP contribution in [0, 0.1) is 25.1 Å². The summed E-state index contributed by atoms with van der Waals surface area (Å²) in [5.41, 5.74) is 7.44. The van der Waals surface area contributed by atoms with Gasteiger partial charge in [0, 0.05) is 48.6 Å². The number of esters is 1. The zero-order valence-corrected chi connectivity index (χ0v) is 24.8. The van der Waals surface area contributed by atoms with Gasteiger partial charge in [0.15, 0.2) is 0 Å². The second kappa shape index (κ2) is 12.6. The van der Waals surface area contributed by atoms with Crippen molar-refractivity contribution >= 4 is 11.7 Å². The number of hydrogen-bond donors (Lipinski definition) is 1. The molecule has 1 spiro atoms. The molecule has 6 nitrogen and oxygen atoms in total. The molecule has 3 heterocycles. The molecular weight excluding hydrogens is 517 g/mol. The number of ether oxygens (including phenoxy) is 2. The Morgan fingerprint density at radius 2 is 1.73 bits per heavy atom. The van der Waals surface area contributed by atoms with E-state index >= 15 is 0 Å². The smallest absolute Gasteiger partial charge is 0.310 e. The molecule has 5 rings (SSSR count). The van der Waals surface area contributed by atoms with Crippen LogP contribution >= 0.6 is 0 Å². The number of benzene rings is 2. The molecule has 0 bridgehead atoms. The van der Waals surface area contributed by atoms with Gasteiger partial charge in [0.25, 0.3) is 0 Å². The molecule has 0 saturated carbocycles. The maximum absolute atomic E-state index is 13.2. The predicted octanol–water partition coefficient (Wildman–Crippen LogP) is 6.20. The van der Waals surface area contributed by atoms with Gasteiger partial charge < -0.3 is 19.7 Å². The van der Waals surface area contributed by atoms with Crippen LogP contribution in [0.5, 0.6) is 5.75 Å². The molecule has 2 aromatic carbocycles. The highest BCUT2D eigenvalue weighted by Gasteiger charge is 2.38. The van der Waals surface area contributed by atoms with Crippen molar-refractivity contribution in [2.24, 2.45) is 5.41 Å². The van der Waals surface area contributed by atoms with Crippen molar-refractivity contribution in [3.8, 4) is 16.9 Å². The van der Waals surface area contributed by atoms with E-state index in [1.54, 1.807) is 12.1 Å². The number of carbonyl (C=O) groups excluding carboxylic acids is 1. The Balaban J connectivity index is 1.42. The summed E-state index contributed by atoms with van der Waals surface area (Å²) in [5, 5.41) is 3.56.